The van der Waals surface area contributed by atoms with Crippen molar-refractivity contribution >= 4 is 0 Å². The van der Waals surface area contributed by atoms with E-state index in [2.05, 4.69) is 24.1 Å². The molecule has 1 saturated heterocycles. The summed E-state index contributed by atoms with van der Waals surface area (Å²) in [4.78, 5) is 2.66. The monoisotopic (exact) mass is 256 g/mol. The van der Waals surface area contributed by atoms with Gasteiger partial charge in [0.1, 0.15) is 0 Å². The van der Waals surface area contributed by atoms with E-state index in [0.717, 1.165) is 25.1 Å². The molecule has 0 aromatic heterocycles. The van der Waals surface area contributed by atoms with E-state index < -0.39 is 0 Å². The molecule has 1 N–H and O–H groups in total. The van der Waals surface area contributed by atoms with E-state index >= 15 is 0 Å². The number of hydrogen-bond acceptors (Lipinski definition) is 3. The molecule has 1 rings (SSSR count). The van der Waals surface area contributed by atoms with Crippen molar-refractivity contribution < 1.29 is 4.74 Å². The fourth-order valence-corrected chi connectivity index (χ4v) is 2.80. The van der Waals surface area contributed by atoms with Crippen molar-refractivity contribution in [3.63, 3.8) is 0 Å². The summed E-state index contributed by atoms with van der Waals surface area (Å²) < 4.78 is 5.25. The Labute approximate surface area is 113 Å². The molecule has 0 aromatic carbocycles. The van der Waals surface area contributed by atoms with Gasteiger partial charge in [0.05, 0.1) is 0 Å². The van der Waals surface area contributed by atoms with Crippen molar-refractivity contribution in [3.05, 3.63) is 0 Å². The molecule has 0 saturated carbocycles. The maximum atomic E-state index is 5.25. The lowest BCUT2D eigenvalue weighted by Gasteiger charge is -2.36. The van der Waals surface area contributed by atoms with Gasteiger partial charge in [-0.2, -0.15) is 0 Å². The Bertz CT molecular complexity index is 191. The first-order chi connectivity index (χ1) is 8.77. The van der Waals surface area contributed by atoms with Gasteiger partial charge in [0, 0.05) is 19.8 Å². The van der Waals surface area contributed by atoms with Crippen molar-refractivity contribution in [2.45, 2.75) is 52.0 Å². The van der Waals surface area contributed by atoms with Crippen molar-refractivity contribution in [2.75, 3.05) is 39.9 Å². The van der Waals surface area contributed by atoms with Crippen LogP contribution in [0.1, 0.15) is 46.0 Å². The minimum Gasteiger partial charge on any atom is -0.384 e. The van der Waals surface area contributed by atoms with Gasteiger partial charge in [-0.25, -0.2) is 0 Å². The quantitative estimate of drug-likeness (QED) is 0.642. The molecule has 1 aliphatic rings. The maximum Gasteiger partial charge on any atom is 0.0491 e. The average Bonchev–Trinajstić information content (AvgIpc) is 2.39. The van der Waals surface area contributed by atoms with E-state index in [1.54, 1.807) is 0 Å². The van der Waals surface area contributed by atoms with Gasteiger partial charge in [-0.15, -0.1) is 0 Å². The minimum absolute atomic E-state index is 0.747. The van der Waals surface area contributed by atoms with Crippen molar-refractivity contribution in [2.24, 2.45) is 5.92 Å². The van der Waals surface area contributed by atoms with Crippen LogP contribution < -0.4 is 5.32 Å². The lowest BCUT2D eigenvalue weighted by atomic mass is 9.96. The summed E-state index contributed by atoms with van der Waals surface area (Å²) in [6.07, 6.45) is 6.49. The maximum absolute atomic E-state index is 5.25. The molecule has 1 fully saturated rings. The molecule has 3 nitrogen and oxygen atoms in total. The number of rotatable bonds is 9. The zero-order valence-corrected chi connectivity index (χ0v) is 12.6. The molecule has 3 heteroatoms. The number of methoxy groups -OCH3 is 1. The Hall–Kier alpha value is -0.120. The van der Waals surface area contributed by atoms with Gasteiger partial charge < -0.3 is 15.0 Å². The SMILES string of the molecule is CCCNCCCC(C)N1CCC(COC)CC1. The highest BCUT2D eigenvalue weighted by atomic mass is 16.5. The van der Waals surface area contributed by atoms with Crippen LogP contribution in [0.4, 0.5) is 0 Å². The molecule has 18 heavy (non-hydrogen) atoms. The lowest BCUT2D eigenvalue weighted by molar-refractivity contribution is 0.0809. The first kappa shape index (κ1) is 15.9. The van der Waals surface area contributed by atoms with E-state index in [0.29, 0.717) is 0 Å². The van der Waals surface area contributed by atoms with E-state index in [9.17, 15) is 0 Å². The molecule has 0 radical (unpaired) electrons. The Morgan fingerprint density at radius 3 is 2.61 bits per heavy atom. The summed E-state index contributed by atoms with van der Waals surface area (Å²) in [7, 11) is 1.82. The van der Waals surface area contributed by atoms with Crippen LogP contribution in [-0.4, -0.2) is 50.8 Å². The van der Waals surface area contributed by atoms with E-state index in [1.165, 1.54) is 51.7 Å². The van der Waals surface area contributed by atoms with E-state index in [4.69, 9.17) is 4.74 Å². The number of ether oxygens (including phenoxy) is 1. The second kappa shape index (κ2) is 9.76. The summed E-state index contributed by atoms with van der Waals surface area (Å²) in [5, 5.41) is 3.48. The largest absolute Gasteiger partial charge is 0.384 e. The molecular weight excluding hydrogens is 224 g/mol. The standard InChI is InChI=1S/C15H32N2O/c1-4-9-16-10-5-6-14(2)17-11-7-15(8-12-17)13-18-3/h14-16H,4-13H2,1-3H3. The van der Waals surface area contributed by atoms with Crippen LogP contribution in [0.5, 0.6) is 0 Å². The molecule has 0 bridgehead atoms. The van der Waals surface area contributed by atoms with Gasteiger partial charge in [-0.1, -0.05) is 6.92 Å². The molecule has 1 unspecified atom stereocenters. The number of hydrogen-bond donors (Lipinski definition) is 1. The predicted molar refractivity (Wildman–Crippen MR) is 78.0 cm³/mol. The summed E-state index contributed by atoms with van der Waals surface area (Å²) >= 11 is 0. The Morgan fingerprint density at radius 2 is 2.00 bits per heavy atom. The molecule has 1 atom stereocenters. The zero-order valence-electron chi connectivity index (χ0n) is 12.6. The molecular formula is C15H32N2O. The van der Waals surface area contributed by atoms with Crippen LogP contribution in [0.25, 0.3) is 0 Å². The normalized spacial score (nSPS) is 20.2. The third kappa shape index (κ3) is 6.17. The Morgan fingerprint density at radius 1 is 1.28 bits per heavy atom. The number of nitrogens with zero attached hydrogens (tertiary/aromatic N) is 1. The van der Waals surface area contributed by atoms with Crippen LogP contribution in [0.2, 0.25) is 0 Å². The Balaban J connectivity index is 2.06. The van der Waals surface area contributed by atoms with Gasteiger partial charge in [0.2, 0.25) is 0 Å². The van der Waals surface area contributed by atoms with Crippen LogP contribution >= 0.6 is 0 Å². The second-order valence-corrected chi connectivity index (χ2v) is 5.68. The summed E-state index contributed by atoms with van der Waals surface area (Å²) in [6, 6.07) is 0.747. The highest BCUT2D eigenvalue weighted by Gasteiger charge is 2.22. The average molecular weight is 256 g/mol. The minimum atomic E-state index is 0.747. The van der Waals surface area contributed by atoms with Crippen LogP contribution in [0, 0.1) is 5.92 Å². The van der Waals surface area contributed by atoms with Gasteiger partial charge in [-0.05, 0) is 71.1 Å². The molecule has 108 valence electrons. The summed E-state index contributed by atoms with van der Waals surface area (Å²) in [6.45, 7) is 10.4. The Kier molecular flexibility index (Phi) is 8.64. The van der Waals surface area contributed by atoms with E-state index in [-0.39, 0.29) is 0 Å². The van der Waals surface area contributed by atoms with Crippen molar-refractivity contribution in [1.29, 1.82) is 0 Å². The highest BCUT2D eigenvalue weighted by Crippen LogP contribution is 2.20. The summed E-state index contributed by atoms with van der Waals surface area (Å²) in [5.41, 5.74) is 0. The molecule has 0 spiro atoms. The van der Waals surface area contributed by atoms with Crippen LogP contribution in [0.15, 0.2) is 0 Å². The summed E-state index contributed by atoms with van der Waals surface area (Å²) in [5.74, 6) is 0.796. The van der Waals surface area contributed by atoms with Crippen molar-refractivity contribution in [1.82, 2.24) is 10.2 Å². The fourth-order valence-electron chi connectivity index (χ4n) is 2.80. The molecule has 0 amide bonds. The molecule has 1 heterocycles. The number of piperidine rings is 1. The van der Waals surface area contributed by atoms with Gasteiger partial charge >= 0.3 is 0 Å². The second-order valence-electron chi connectivity index (χ2n) is 5.68. The number of nitrogens with one attached hydrogen (secondary N) is 1. The molecule has 1 aliphatic heterocycles. The van der Waals surface area contributed by atoms with Gasteiger partial charge in [-0.3, -0.25) is 0 Å². The van der Waals surface area contributed by atoms with Crippen molar-refractivity contribution in [3.8, 4) is 0 Å². The van der Waals surface area contributed by atoms with Crippen LogP contribution in [-0.2, 0) is 4.74 Å². The van der Waals surface area contributed by atoms with E-state index in [1.807, 2.05) is 7.11 Å². The first-order valence-corrected chi connectivity index (χ1v) is 7.71. The first-order valence-electron chi connectivity index (χ1n) is 7.71. The molecule has 0 aromatic rings. The fraction of sp³-hybridized carbons (Fsp3) is 1.00. The van der Waals surface area contributed by atoms with Gasteiger partial charge in [0.25, 0.3) is 0 Å². The van der Waals surface area contributed by atoms with Crippen LogP contribution in [0.3, 0.4) is 0 Å². The molecule has 0 aliphatic carbocycles. The number of likely N-dealkylation sites (tertiary alicyclic amines) is 1. The lowest BCUT2D eigenvalue weighted by Crippen LogP contribution is -2.41. The third-order valence-electron chi connectivity index (χ3n) is 4.08. The third-order valence-corrected chi connectivity index (χ3v) is 4.08. The predicted octanol–water partition coefficient (Wildman–Crippen LogP) is 2.51. The van der Waals surface area contributed by atoms with Gasteiger partial charge in [0.15, 0.2) is 0 Å². The highest BCUT2D eigenvalue weighted by molar-refractivity contribution is 4.76. The topological polar surface area (TPSA) is 24.5 Å². The zero-order chi connectivity index (χ0) is 13.2. The smallest absolute Gasteiger partial charge is 0.0491 e.